The molecule has 130 valence electrons. The summed E-state index contributed by atoms with van der Waals surface area (Å²) >= 11 is 0. The summed E-state index contributed by atoms with van der Waals surface area (Å²) in [4.78, 5) is 4.42. The first-order chi connectivity index (χ1) is 11.7. The molecule has 2 heterocycles. The molecule has 1 aromatic rings. The van der Waals surface area contributed by atoms with E-state index in [1.54, 1.807) is 0 Å². The summed E-state index contributed by atoms with van der Waals surface area (Å²) in [5, 5.41) is 3.18. The van der Waals surface area contributed by atoms with Crippen molar-refractivity contribution in [1.29, 1.82) is 0 Å². The highest BCUT2D eigenvalue weighted by Gasteiger charge is 2.42. The minimum atomic E-state index is -0.458. The zero-order chi connectivity index (χ0) is 16.4. The number of aryl methyl sites for hydroxylation is 2. The number of anilines is 1. The van der Waals surface area contributed by atoms with E-state index in [1.165, 1.54) is 24.0 Å². The number of rotatable bonds is 3. The third-order valence-corrected chi connectivity index (χ3v) is 5.00. The molecule has 2 aliphatic heterocycles. The Hall–Kier alpha value is -1.63. The predicted octanol–water partition coefficient (Wildman–Crippen LogP) is 1.82. The maximum Gasteiger partial charge on any atom is 0.193 e. The van der Waals surface area contributed by atoms with Crippen molar-refractivity contribution in [3.63, 3.8) is 0 Å². The van der Waals surface area contributed by atoms with Gasteiger partial charge in [0.05, 0.1) is 26.4 Å². The fraction of sp³-hybridized carbons (Fsp3) is 0.611. The van der Waals surface area contributed by atoms with Crippen LogP contribution in [0.3, 0.4) is 0 Å². The number of nitrogens with two attached hydrogens (primary N) is 1. The van der Waals surface area contributed by atoms with Gasteiger partial charge in [0.25, 0.3) is 0 Å². The zero-order valence-corrected chi connectivity index (χ0v) is 13.9. The molecule has 6 heteroatoms. The molecule has 6 nitrogen and oxygen atoms in total. The molecule has 1 atom stereocenters. The van der Waals surface area contributed by atoms with Gasteiger partial charge in [0, 0.05) is 18.5 Å². The third kappa shape index (κ3) is 3.41. The first-order valence-electron chi connectivity index (χ1n) is 8.81. The molecule has 4 rings (SSSR count). The lowest BCUT2D eigenvalue weighted by atomic mass is 10.1. The van der Waals surface area contributed by atoms with E-state index in [9.17, 15) is 0 Å². The molecule has 1 unspecified atom stereocenters. The topological polar surface area (TPSA) is 78.1 Å². The summed E-state index contributed by atoms with van der Waals surface area (Å²) in [6, 6.07) is 6.43. The molecule has 1 spiro atoms. The minimum absolute atomic E-state index is 0.0385. The normalized spacial score (nSPS) is 25.8. The predicted molar refractivity (Wildman–Crippen MR) is 92.2 cm³/mol. The van der Waals surface area contributed by atoms with E-state index in [0.29, 0.717) is 32.3 Å². The number of fused-ring (bicyclic) bond motifs is 1. The molecule has 0 radical (unpaired) electrons. The molecule has 24 heavy (non-hydrogen) atoms. The summed E-state index contributed by atoms with van der Waals surface area (Å²) in [6.07, 6.45) is 5.12. The van der Waals surface area contributed by atoms with Crippen molar-refractivity contribution in [2.75, 3.05) is 31.7 Å². The zero-order valence-electron chi connectivity index (χ0n) is 13.9. The van der Waals surface area contributed by atoms with Gasteiger partial charge in [-0.25, -0.2) is 0 Å². The number of hydrogen-bond acceptors (Lipinski definition) is 4. The second-order valence-corrected chi connectivity index (χ2v) is 6.76. The fourth-order valence-corrected chi connectivity index (χ4v) is 3.69. The van der Waals surface area contributed by atoms with E-state index in [2.05, 4.69) is 28.5 Å². The van der Waals surface area contributed by atoms with Crippen molar-refractivity contribution in [1.82, 2.24) is 0 Å². The van der Waals surface area contributed by atoms with Gasteiger partial charge >= 0.3 is 0 Å². The summed E-state index contributed by atoms with van der Waals surface area (Å²) in [5.41, 5.74) is 9.89. The number of nitrogens with zero attached hydrogens (tertiary/aromatic N) is 1. The number of ether oxygens (including phenoxy) is 3. The Morgan fingerprint density at radius 2 is 2.08 bits per heavy atom. The Bertz CT molecular complexity index is 626. The lowest BCUT2D eigenvalue weighted by Crippen LogP contribution is -2.38. The van der Waals surface area contributed by atoms with Crippen LogP contribution in [0.25, 0.3) is 0 Å². The van der Waals surface area contributed by atoms with Gasteiger partial charge in [-0.3, -0.25) is 4.99 Å². The quantitative estimate of drug-likeness (QED) is 0.652. The molecule has 1 aromatic carbocycles. The molecule has 3 aliphatic rings. The summed E-state index contributed by atoms with van der Waals surface area (Å²) in [5.74, 6) is -0.0369. The summed E-state index contributed by atoms with van der Waals surface area (Å²) < 4.78 is 17.3. The Balaban J connectivity index is 1.31. The fourth-order valence-electron chi connectivity index (χ4n) is 3.69. The highest BCUT2D eigenvalue weighted by molar-refractivity contribution is 5.92. The second-order valence-electron chi connectivity index (χ2n) is 6.76. The molecule has 2 saturated heterocycles. The van der Waals surface area contributed by atoms with E-state index in [4.69, 9.17) is 19.9 Å². The largest absolute Gasteiger partial charge is 0.381 e. The molecule has 0 bridgehead atoms. The first kappa shape index (κ1) is 15.9. The maximum absolute atomic E-state index is 6.06. The number of nitrogens with one attached hydrogen (secondary N) is 1. The molecule has 0 amide bonds. The van der Waals surface area contributed by atoms with Crippen molar-refractivity contribution in [2.45, 2.75) is 44.0 Å². The molecule has 0 saturated carbocycles. The average Bonchev–Trinajstić information content (AvgIpc) is 3.21. The Morgan fingerprint density at radius 1 is 1.25 bits per heavy atom. The van der Waals surface area contributed by atoms with Crippen LogP contribution in [-0.4, -0.2) is 44.2 Å². The lowest BCUT2D eigenvalue weighted by Gasteiger charge is -2.31. The van der Waals surface area contributed by atoms with Crippen LogP contribution in [0.15, 0.2) is 23.2 Å². The Morgan fingerprint density at radius 3 is 2.96 bits per heavy atom. The van der Waals surface area contributed by atoms with E-state index < -0.39 is 5.79 Å². The van der Waals surface area contributed by atoms with Gasteiger partial charge in [-0.2, -0.15) is 0 Å². The smallest absolute Gasteiger partial charge is 0.193 e. The average molecular weight is 331 g/mol. The van der Waals surface area contributed by atoms with Crippen LogP contribution in [-0.2, 0) is 27.1 Å². The van der Waals surface area contributed by atoms with E-state index >= 15 is 0 Å². The van der Waals surface area contributed by atoms with Gasteiger partial charge in [-0.15, -0.1) is 0 Å². The van der Waals surface area contributed by atoms with Gasteiger partial charge in [-0.1, -0.05) is 6.07 Å². The molecule has 1 aliphatic carbocycles. The van der Waals surface area contributed by atoms with Gasteiger partial charge in [0.15, 0.2) is 11.7 Å². The van der Waals surface area contributed by atoms with Gasteiger partial charge < -0.3 is 25.3 Å². The van der Waals surface area contributed by atoms with Crippen molar-refractivity contribution in [3.05, 3.63) is 29.3 Å². The van der Waals surface area contributed by atoms with Crippen LogP contribution in [0.1, 0.15) is 30.4 Å². The van der Waals surface area contributed by atoms with E-state index in [1.807, 2.05) is 0 Å². The number of hydrogen-bond donors (Lipinski definition) is 2. The van der Waals surface area contributed by atoms with Gasteiger partial charge in [0.1, 0.15) is 6.10 Å². The molecule has 0 aromatic heterocycles. The standard InChI is InChI=1S/C18H25N3O3/c19-17(21-15-5-4-13-2-1-3-14(13)10-15)20-11-16-12-23-18(24-16)6-8-22-9-7-18/h4-5,10,16H,1-3,6-9,11-12H2,(H3,19,20,21). The summed E-state index contributed by atoms with van der Waals surface area (Å²) in [6.45, 7) is 2.46. The van der Waals surface area contributed by atoms with Crippen LogP contribution in [0.4, 0.5) is 5.69 Å². The van der Waals surface area contributed by atoms with Crippen molar-refractivity contribution >= 4 is 11.6 Å². The van der Waals surface area contributed by atoms with E-state index in [0.717, 1.165) is 24.9 Å². The highest BCUT2D eigenvalue weighted by Crippen LogP contribution is 2.33. The minimum Gasteiger partial charge on any atom is -0.381 e. The molecular weight excluding hydrogens is 306 g/mol. The lowest BCUT2D eigenvalue weighted by molar-refractivity contribution is -0.210. The highest BCUT2D eigenvalue weighted by atomic mass is 16.7. The number of benzene rings is 1. The second kappa shape index (κ2) is 6.70. The molecule has 3 N–H and O–H groups in total. The van der Waals surface area contributed by atoms with Crippen molar-refractivity contribution in [2.24, 2.45) is 10.7 Å². The van der Waals surface area contributed by atoms with Crippen molar-refractivity contribution in [3.8, 4) is 0 Å². The van der Waals surface area contributed by atoms with Crippen LogP contribution >= 0.6 is 0 Å². The number of guanidine groups is 1. The monoisotopic (exact) mass is 331 g/mol. The third-order valence-electron chi connectivity index (χ3n) is 5.00. The Labute approximate surface area is 142 Å². The maximum atomic E-state index is 6.06. The van der Waals surface area contributed by atoms with Crippen LogP contribution < -0.4 is 11.1 Å². The first-order valence-corrected chi connectivity index (χ1v) is 8.81. The van der Waals surface area contributed by atoms with Gasteiger partial charge in [-0.05, 0) is 42.5 Å². The van der Waals surface area contributed by atoms with Crippen LogP contribution in [0.2, 0.25) is 0 Å². The van der Waals surface area contributed by atoms with Gasteiger partial charge in [0.2, 0.25) is 0 Å². The SMILES string of the molecule is NC(=NCC1COC2(CCOCC2)O1)Nc1ccc2c(c1)CCC2. The van der Waals surface area contributed by atoms with Crippen LogP contribution in [0.5, 0.6) is 0 Å². The van der Waals surface area contributed by atoms with E-state index in [-0.39, 0.29) is 6.10 Å². The Kier molecular flexibility index (Phi) is 4.43. The van der Waals surface area contributed by atoms with Crippen molar-refractivity contribution < 1.29 is 14.2 Å². The summed E-state index contributed by atoms with van der Waals surface area (Å²) in [7, 11) is 0. The molecular formula is C18H25N3O3. The van der Waals surface area contributed by atoms with Crippen LogP contribution in [0, 0.1) is 0 Å². The molecule has 2 fully saturated rings. The number of aliphatic imine (C=N–C) groups is 1.